The molecule has 0 unspecified atom stereocenters. The van der Waals surface area contributed by atoms with Crippen molar-refractivity contribution < 1.29 is 4.79 Å². The third-order valence-corrected chi connectivity index (χ3v) is 4.50. The molecule has 0 bridgehead atoms. The van der Waals surface area contributed by atoms with E-state index in [-0.39, 0.29) is 16.7 Å². The molecule has 1 aromatic heterocycles. The SMILES string of the molecule is Cc1cc(=O)[nH]c(S[C@H]2CCc3ccccc3NC2=O)n1. The van der Waals surface area contributed by atoms with Gasteiger partial charge in [0.05, 0.1) is 5.25 Å². The fourth-order valence-corrected chi connectivity index (χ4v) is 3.37. The normalized spacial score (nSPS) is 17.8. The van der Waals surface area contributed by atoms with Crippen LogP contribution in [0.2, 0.25) is 0 Å². The average molecular weight is 301 g/mol. The number of hydrogen-bond donors (Lipinski definition) is 2. The van der Waals surface area contributed by atoms with Crippen LogP contribution in [-0.4, -0.2) is 21.1 Å². The molecule has 6 heteroatoms. The number of nitrogens with zero attached hydrogens (tertiary/aromatic N) is 1. The van der Waals surface area contributed by atoms with E-state index in [4.69, 9.17) is 0 Å². The second kappa shape index (κ2) is 5.73. The highest BCUT2D eigenvalue weighted by Crippen LogP contribution is 2.29. The zero-order chi connectivity index (χ0) is 14.8. The van der Waals surface area contributed by atoms with Gasteiger partial charge in [-0.15, -0.1) is 0 Å². The lowest BCUT2D eigenvalue weighted by Crippen LogP contribution is -2.24. The Balaban J connectivity index is 1.81. The molecule has 1 atom stereocenters. The minimum Gasteiger partial charge on any atom is -0.325 e. The van der Waals surface area contributed by atoms with Crippen LogP contribution in [0.15, 0.2) is 40.3 Å². The van der Waals surface area contributed by atoms with Crippen LogP contribution in [-0.2, 0) is 11.2 Å². The molecule has 1 aliphatic heterocycles. The molecular formula is C15H15N3O2S. The standard InChI is InChI=1S/C15H15N3O2S/c1-9-8-13(19)18-15(16-9)21-12-7-6-10-4-2-3-5-11(10)17-14(12)20/h2-5,8,12H,6-7H2,1H3,(H,17,20)(H,16,18,19)/t12-/m0/s1. The summed E-state index contributed by atoms with van der Waals surface area (Å²) in [6.45, 7) is 1.77. The van der Waals surface area contributed by atoms with Gasteiger partial charge in [0.2, 0.25) is 5.91 Å². The number of anilines is 1. The van der Waals surface area contributed by atoms with Gasteiger partial charge in [-0.2, -0.15) is 0 Å². The number of amides is 1. The monoisotopic (exact) mass is 301 g/mol. The molecule has 0 spiro atoms. The predicted molar refractivity (Wildman–Crippen MR) is 82.6 cm³/mol. The lowest BCUT2D eigenvalue weighted by Gasteiger charge is -2.12. The highest BCUT2D eigenvalue weighted by atomic mass is 32.2. The van der Waals surface area contributed by atoms with Crippen LogP contribution in [0.25, 0.3) is 0 Å². The van der Waals surface area contributed by atoms with E-state index in [1.165, 1.54) is 17.8 Å². The quantitative estimate of drug-likeness (QED) is 0.833. The molecule has 0 fully saturated rings. The average Bonchev–Trinajstić information content (AvgIpc) is 2.58. The molecular weight excluding hydrogens is 286 g/mol. The van der Waals surface area contributed by atoms with E-state index in [1.807, 2.05) is 24.3 Å². The molecule has 5 nitrogen and oxygen atoms in total. The van der Waals surface area contributed by atoms with Crippen molar-refractivity contribution in [1.82, 2.24) is 9.97 Å². The number of H-pyrrole nitrogens is 1. The van der Waals surface area contributed by atoms with E-state index in [9.17, 15) is 9.59 Å². The summed E-state index contributed by atoms with van der Waals surface area (Å²) >= 11 is 1.31. The Morgan fingerprint density at radius 2 is 2.10 bits per heavy atom. The van der Waals surface area contributed by atoms with Gasteiger partial charge in [0, 0.05) is 17.4 Å². The fourth-order valence-electron chi connectivity index (χ4n) is 2.35. The van der Waals surface area contributed by atoms with Crippen molar-refractivity contribution in [2.45, 2.75) is 30.2 Å². The zero-order valence-corrected chi connectivity index (χ0v) is 12.4. The maximum atomic E-state index is 12.3. The Hall–Kier alpha value is -2.08. The lowest BCUT2D eigenvalue weighted by molar-refractivity contribution is -0.115. The Kier molecular flexibility index (Phi) is 3.79. The molecule has 2 heterocycles. The van der Waals surface area contributed by atoms with Crippen LogP contribution in [0.3, 0.4) is 0 Å². The van der Waals surface area contributed by atoms with Crippen LogP contribution < -0.4 is 10.9 Å². The van der Waals surface area contributed by atoms with Gasteiger partial charge in [0.1, 0.15) is 0 Å². The number of carbonyl (C=O) groups is 1. The van der Waals surface area contributed by atoms with Crippen LogP contribution in [0.5, 0.6) is 0 Å². The van der Waals surface area contributed by atoms with Crippen LogP contribution in [0.4, 0.5) is 5.69 Å². The molecule has 2 N–H and O–H groups in total. The van der Waals surface area contributed by atoms with Gasteiger partial charge in [-0.1, -0.05) is 30.0 Å². The molecule has 0 radical (unpaired) electrons. The molecule has 1 aromatic carbocycles. The van der Waals surface area contributed by atoms with Gasteiger partial charge in [-0.25, -0.2) is 4.98 Å². The number of hydrogen-bond acceptors (Lipinski definition) is 4. The summed E-state index contributed by atoms with van der Waals surface area (Å²) in [5.41, 5.74) is 2.47. The van der Waals surface area contributed by atoms with Gasteiger partial charge >= 0.3 is 0 Å². The van der Waals surface area contributed by atoms with E-state index >= 15 is 0 Å². The van der Waals surface area contributed by atoms with Gasteiger partial charge in [-0.3, -0.25) is 9.59 Å². The highest BCUT2D eigenvalue weighted by molar-refractivity contribution is 8.00. The van der Waals surface area contributed by atoms with Gasteiger partial charge in [0.15, 0.2) is 5.16 Å². The number of nitrogens with one attached hydrogen (secondary N) is 2. The number of carbonyl (C=O) groups excluding carboxylic acids is 1. The Labute approximate surface area is 126 Å². The number of aromatic amines is 1. The number of aryl methyl sites for hydroxylation is 2. The summed E-state index contributed by atoms with van der Waals surface area (Å²) in [7, 11) is 0. The largest absolute Gasteiger partial charge is 0.325 e. The van der Waals surface area contributed by atoms with Crippen LogP contribution in [0.1, 0.15) is 17.7 Å². The Bertz CT molecular complexity index is 742. The molecule has 1 amide bonds. The topological polar surface area (TPSA) is 74.8 Å². The smallest absolute Gasteiger partial charge is 0.251 e. The number of para-hydroxylation sites is 1. The summed E-state index contributed by atoms with van der Waals surface area (Å²) in [5.74, 6) is -0.0471. The summed E-state index contributed by atoms with van der Waals surface area (Å²) in [4.78, 5) is 30.7. The molecule has 1 aliphatic rings. The van der Waals surface area contributed by atoms with E-state index in [0.717, 1.165) is 17.7 Å². The molecule has 3 rings (SSSR count). The van der Waals surface area contributed by atoms with Crippen LogP contribution in [0, 0.1) is 6.92 Å². The minimum atomic E-state index is -0.262. The minimum absolute atomic E-state index is 0.0471. The van der Waals surface area contributed by atoms with E-state index in [1.54, 1.807) is 6.92 Å². The van der Waals surface area contributed by atoms with E-state index in [0.29, 0.717) is 17.3 Å². The molecule has 108 valence electrons. The van der Waals surface area contributed by atoms with Crippen molar-refractivity contribution in [1.29, 1.82) is 0 Å². The number of thioether (sulfide) groups is 1. The number of rotatable bonds is 2. The van der Waals surface area contributed by atoms with Crippen molar-refractivity contribution in [3.63, 3.8) is 0 Å². The van der Waals surface area contributed by atoms with Crippen molar-refractivity contribution in [2.24, 2.45) is 0 Å². The lowest BCUT2D eigenvalue weighted by atomic mass is 10.1. The van der Waals surface area contributed by atoms with E-state index < -0.39 is 0 Å². The maximum Gasteiger partial charge on any atom is 0.251 e. The van der Waals surface area contributed by atoms with Crippen molar-refractivity contribution in [2.75, 3.05) is 5.32 Å². The zero-order valence-electron chi connectivity index (χ0n) is 11.6. The number of fused-ring (bicyclic) bond motifs is 1. The third kappa shape index (κ3) is 3.16. The summed E-state index contributed by atoms with van der Waals surface area (Å²) in [6.07, 6.45) is 1.54. The molecule has 21 heavy (non-hydrogen) atoms. The first-order valence-corrected chi connectivity index (χ1v) is 7.63. The van der Waals surface area contributed by atoms with Gasteiger partial charge in [-0.05, 0) is 31.4 Å². The molecule has 0 aliphatic carbocycles. The Morgan fingerprint density at radius 3 is 2.90 bits per heavy atom. The third-order valence-electron chi connectivity index (χ3n) is 3.35. The summed E-state index contributed by atoms with van der Waals surface area (Å²) in [5, 5.41) is 3.17. The van der Waals surface area contributed by atoms with E-state index in [2.05, 4.69) is 15.3 Å². The number of aromatic nitrogens is 2. The first-order valence-electron chi connectivity index (χ1n) is 6.75. The summed E-state index contributed by atoms with van der Waals surface area (Å²) < 4.78 is 0. The molecule has 2 aromatic rings. The van der Waals surface area contributed by atoms with Crippen molar-refractivity contribution in [3.8, 4) is 0 Å². The first-order chi connectivity index (χ1) is 10.1. The second-order valence-corrected chi connectivity index (χ2v) is 6.17. The van der Waals surface area contributed by atoms with Gasteiger partial charge < -0.3 is 10.3 Å². The molecule has 0 saturated carbocycles. The Morgan fingerprint density at radius 1 is 1.29 bits per heavy atom. The number of benzene rings is 1. The first kappa shape index (κ1) is 13.9. The molecule has 0 saturated heterocycles. The highest BCUT2D eigenvalue weighted by Gasteiger charge is 2.25. The van der Waals surface area contributed by atoms with Crippen molar-refractivity contribution in [3.05, 3.63) is 51.9 Å². The second-order valence-electron chi connectivity index (χ2n) is 4.98. The fraction of sp³-hybridized carbons (Fsp3) is 0.267. The summed E-state index contributed by atoms with van der Waals surface area (Å²) in [6, 6.07) is 9.25. The van der Waals surface area contributed by atoms with Crippen molar-refractivity contribution >= 4 is 23.4 Å². The maximum absolute atomic E-state index is 12.3. The predicted octanol–water partition coefficient (Wildman–Crippen LogP) is 2.12. The van der Waals surface area contributed by atoms with Crippen LogP contribution >= 0.6 is 11.8 Å². The van der Waals surface area contributed by atoms with Gasteiger partial charge in [0.25, 0.3) is 5.56 Å².